The first kappa shape index (κ1) is 16.9. The van der Waals surface area contributed by atoms with Crippen LogP contribution in [0.4, 0.5) is 0 Å². The van der Waals surface area contributed by atoms with Gasteiger partial charge in [-0.3, -0.25) is 9.59 Å². The molecule has 116 valence electrons. The van der Waals surface area contributed by atoms with Gasteiger partial charge in [-0.15, -0.1) is 0 Å². The summed E-state index contributed by atoms with van der Waals surface area (Å²) in [5.74, 6) is -1.33. The topological polar surface area (TPSA) is 76.1 Å². The third-order valence-electron chi connectivity index (χ3n) is 3.51. The van der Waals surface area contributed by atoms with Crippen molar-refractivity contribution in [3.8, 4) is 0 Å². The largest absolute Gasteiger partial charge is 0.481 e. The van der Waals surface area contributed by atoms with E-state index in [1.54, 1.807) is 6.92 Å². The molecule has 1 aliphatic rings. The first-order valence-corrected chi connectivity index (χ1v) is 7.20. The SMILES string of the molecule is CC(C)CC(C(=O)O)C(C)N(C=O)OC1CCCCO1. The van der Waals surface area contributed by atoms with Gasteiger partial charge < -0.3 is 9.84 Å². The fourth-order valence-corrected chi connectivity index (χ4v) is 2.34. The first-order valence-electron chi connectivity index (χ1n) is 7.20. The molecule has 0 saturated carbocycles. The van der Waals surface area contributed by atoms with E-state index in [4.69, 9.17) is 9.57 Å². The second kappa shape index (κ2) is 8.21. The van der Waals surface area contributed by atoms with Crippen molar-refractivity contribution in [2.75, 3.05) is 6.61 Å². The van der Waals surface area contributed by atoms with Crippen LogP contribution >= 0.6 is 0 Å². The molecule has 1 fully saturated rings. The van der Waals surface area contributed by atoms with Crippen molar-refractivity contribution in [1.29, 1.82) is 0 Å². The monoisotopic (exact) mass is 287 g/mol. The molecular weight excluding hydrogens is 262 g/mol. The van der Waals surface area contributed by atoms with Crippen LogP contribution in [0, 0.1) is 11.8 Å². The summed E-state index contributed by atoms with van der Waals surface area (Å²) in [4.78, 5) is 28.0. The van der Waals surface area contributed by atoms with Crippen molar-refractivity contribution in [3.05, 3.63) is 0 Å². The maximum absolute atomic E-state index is 11.4. The molecule has 0 bridgehead atoms. The van der Waals surface area contributed by atoms with E-state index < -0.39 is 24.2 Å². The molecular formula is C14H25NO5. The minimum Gasteiger partial charge on any atom is -0.481 e. The lowest BCUT2D eigenvalue weighted by Crippen LogP contribution is -2.44. The Balaban J connectivity index is 2.64. The van der Waals surface area contributed by atoms with E-state index in [9.17, 15) is 14.7 Å². The number of amides is 1. The van der Waals surface area contributed by atoms with Crippen molar-refractivity contribution in [2.24, 2.45) is 11.8 Å². The zero-order valence-corrected chi connectivity index (χ0v) is 12.4. The second-order valence-corrected chi connectivity index (χ2v) is 5.68. The molecule has 20 heavy (non-hydrogen) atoms. The van der Waals surface area contributed by atoms with Crippen molar-refractivity contribution < 1.29 is 24.3 Å². The van der Waals surface area contributed by atoms with Crippen LogP contribution in [0.25, 0.3) is 0 Å². The Kier molecular flexibility index (Phi) is 6.95. The molecule has 3 atom stereocenters. The van der Waals surface area contributed by atoms with E-state index in [-0.39, 0.29) is 5.92 Å². The van der Waals surface area contributed by atoms with Gasteiger partial charge >= 0.3 is 5.97 Å². The third-order valence-corrected chi connectivity index (χ3v) is 3.51. The van der Waals surface area contributed by atoms with E-state index in [2.05, 4.69) is 0 Å². The molecule has 1 amide bonds. The van der Waals surface area contributed by atoms with Crippen LogP contribution in [-0.4, -0.2) is 41.5 Å². The summed E-state index contributed by atoms with van der Waals surface area (Å²) in [5, 5.41) is 10.4. The summed E-state index contributed by atoms with van der Waals surface area (Å²) < 4.78 is 5.41. The predicted octanol–water partition coefficient (Wildman–Crippen LogP) is 2.04. The van der Waals surface area contributed by atoms with Crippen LogP contribution in [0.2, 0.25) is 0 Å². The molecule has 3 unspecified atom stereocenters. The highest BCUT2D eigenvalue weighted by atomic mass is 16.8. The fraction of sp³-hybridized carbons (Fsp3) is 0.857. The quantitative estimate of drug-likeness (QED) is 0.546. The number of carboxylic acids is 1. The Morgan fingerprint density at radius 1 is 1.45 bits per heavy atom. The highest BCUT2D eigenvalue weighted by Gasteiger charge is 2.32. The number of ether oxygens (including phenoxy) is 1. The molecule has 0 aliphatic carbocycles. The molecule has 6 nitrogen and oxygen atoms in total. The summed E-state index contributed by atoms with van der Waals surface area (Å²) in [6.07, 6.45) is 3.28. The Hall–Kier alpha value is -1.14. The Bertz CT molecular complexity index is 315. The van der Waals surface area contributed by atoms with Gasteiger partial charge in [-0.2, -0.15) is 0 Å². The van der Waals surface area contributed by atoms with E-state index in [0.29, 0.717) is 19.4 Å². The number of hydrogen-bond acceptors (Lipinski definition) is 4. The summed E-state index contributed by atoms with van der Waals surface area (Å²) in [6, 6.07) is -0.530. The molecule has 0 aromatic carbocycles. The number of rotatable bonds is 8. The van der Waals surface area contributed by atoms with Crippen LogP contribution in [0.15, 0.2) is 0 Å². The van der Waals surface area contributed by atoms with Gasteiger partial charge in [-0.25, -0.2) is 9.90 Å². The Morgan fingerprint density at radius 2 is 2.15 bits per heavy atom. The number of carboxylic acid groups (broad SMARTS) is 1. The lowest BCUT2D eigenvalue weighted by atomic mass is 9.91. The molecule has 1 N–H and O–H groups in total. The van der Waals surface area contributed by atoms with Crippen molar-refractivity contribution in [3.63, 3.8) is 0 Å². The maximum Gasteiger partial charge on any atom is 0.308 e. The highest BCUT2D eigenvalue weighted by molar-refractivity contribution is 5.71. The van der Waals surface area contributed by atoms with Crippen molar-refractivity contribution >= 4 is 12.4 Å². The van der Waals surface area contributed by atoms with Crippen molar-refractivity contribution in [1.82, 2.24) is 5.06 Å². The van der Waals surface area contributed by atoms with Crippen LogP contribution in [-0.2, 0) is 19.2 Å². The smallest absolute Gasteiger partial charge is 0.308 e. The standard InChI is InChI=1S/C14H25NO5/c1-10(2)8-12(14(17)18)11(3)15(9-16)20-13-6-4-5-7-19-13/h9-13H,4-8H2,1-3H3,(H,17,18). The minimum atomic E-state index is -0.911. The first-order chi connectivity index (χ1) is 9.45. The lowest BCUT2D eigenvalue weighted by molar-refractivity contribution is -0.288. The number of hydroxylamine groups is 2. The van der Waals surface area contributed by atoms with Crippen LogP contribution in [0.3, 0.4) is 0 Å². The van der Waals surface area contributed by atoms with E-state index >= 15 is 0 Å². The summed E-state index contributed by atoms with van der Waals surface area (Å²) in [7, 11) is 0. The molecule has 0 aromatic rings. The molecule has 6 heteroatoms. The second-order valence-electron chi connectivity index (χ2n) is 5.68. The summed E-state index contributed by atoms with van der Waals surface area (Å²) in [6.45, 7) is 6.22. The molecule has 0 radical (unpaired) electrons. The minimum absolute atomic E-state index is 0.234. The number of hydrogen-bond donors (Lipinski definition) is 1. The molecule has 1 rings (SSSR count). The molecule has 0 spiro atoms. The number of nitrogens with zero attached hydrogens (tertiary/aromatic N) is 1. The van der Waals surface area contributed by atoms with Gasteiger partial charge in [0.2, 0.25) is 6.41 Å². The van der Waals surface area contributed by atoms with E-state index in [0.717, 1.165) is 24.3 Å². The van der Waals surface area contributed by atoms with Gasteiger partial charge in [0.1, 0.15) is 0 Å². The zero-order valence-electron chi connectivity index (χ0n) is 12.4. The molecule has 1 saturated heterocycles. The van der Waals surface area contributed by atoms with Gasteiger partial charge in [0.15, 0.2) is 6.29 Å². The average Bonchev–Trinajstić information content (AvgIpc) is 2.42. The Morgan fingerprint density at radius 3 is 2.60 bits per heavy atom. The molecule has 1 aliphatic heterocycles. The fourth-order valence-electron chi connectivity index (χ4n) is 2.34. The highest BCUT2D eigenvalue weighted by Crippen LogP contribution is 2.22. The van der Waals surface area contributed by atoms with Gasteiger partial charge in [-0.05, 0) is 32.1 Å². The normalized spacial score (nSPS) is 22.3. The zero-order chi connectivity index (χ0) is 15.1. The van der Waals surface area contributed by atoms with Gasteiger partial charge in [0, 0.05) is 13.0 Å². The van der Waals surface area contributed by atoms with Gasteiger partial charge in [-0.1, -0.05) is 13.8 Å². The van der Waals surface area contributed by atoms with Crippen LogP contribution in [0.5, 0.6) is 0 Å². The van der Waals surface area contributed by atoms with Crippen molar-refractivity contribution in [2.45, 2.75) is 58.8 Å². The van der Waals surface area contributed by atoms with E-state index in [1.165, 1.54) is 0 Å². The maximum atomic E-state index is 11.4. The number of carbonyl (C=O) groups is 2. The summed E-state index contributed by atoms with van der Waals surface area (Å²) >= 11 is 0. The average molecular weight is 287 g/mol. The van der Waals surface area contributed by atoms with Gasteiger partial charge in [0.25, 0.3) is 0 Å². The summed E-state index contributed by atoms with van der Waals surface area (Å²) in [5.41, 5.74) is 0. The number of aliphatic carboxylic acids is 1. The Labute approximate surface area is 120 Å². The lowest BCUT2D eigenvalue weighted by Gasteiger charge is -2.33. The van der Waals surface area contributed by atoms with Crippen LogP contribution < -0.4 is 0 Å². The van der Waals surface area contributed by atoms with E-state index in [1.807, 2.05) is 13.8 Å². The van der Waals surface area contributed by atoms with Gasteiger partial charge in [0.05, 0.1) is 12.0 Å². The number of carbonyl (C=O) groups excluding carboxylic acids is 1. The van der Waals surface area contributed by atoms with Crippen LogP contribution in [0.1, 0.15) is 46.5 Å². The molecule has 1 heterocycles. The predicted molar refractivity (Wildman–Crippen MR) is 72.6 cm³/mol. The molecule has 0 aromatic heterocycles. The third kappa shape index (κ3) is 5.09.